The summed E-state index contributed by atoms with van der Waals surface area (Å²) >= 11 is 7.47. The second-order valence-electron chi connectivity index (χ2n) is 10.3. The Balaban J connectivity index is 1.60. The molecule has 12 heteroatoms. The molecule has 0 amide bonds. The van der Waals surface area contributed by atoms with E-state index in [2.05, 4.69) is 4.99 Å². The summed E-state index contributed by atoms with van der Waals surface area (Å²) in [6.07, 6.45) is 1.54. The maximum Gasteiger partial charge on any atom is 0.339 e. The van der Waals surface area contributed by atoms with Crippen molar-refractivity contribution in [3.8, 4) is 22.8 Å². The largest absolute Gasteiger partial charge is 0.493 e. The molecule has 234 valence electrons. The van der Waals surface area contributed by atoms with Crippen LogP contribution in [-0.2, 0) is 14.3 Å². The number of thiazole rings is 1. The maximum absolute atomic E-state index is 14.0. The Morgan fingerprint density at radius 3 is 2.53 bits per heavy atom. The van der Waals surface area contributed by atoms with Crippen LogP contribution in [0.2, 0.25) is 5.02 Å². The van der Waals surface area contributed by atoms with Crippen molar-refractivity contribution in [2.75, 3.05) is 20.8 Å². The van der Waals surface area contributed by atoms with Crippen molar-refractivity contribution in [2.24, 2.45) is 4.99 Å². The van der Waals surface area contributed by atoms with Crippen molar-refractivity contribution in [2.45, 2.75) is 39.8 Å². The predicted octanol–water partition coefficient (Wildman–Crippen LogP) is 5.29. The van der Waals surface area contributed by atoms with Crippen LogP contribution in [0.5, 0.6) is 11.5 Å². The smallest absolute Gasteiger partial charge is 0.339 e. The summed E-state index contributed by atoms with van der Waals surface area (Å²) in [7, 11) is 2.82. The number of hydrogen-bond donors (Lipinski definition) is 0. The minimum absolute atomic E-state index is 0.0852. The number of nitrogens with zero attached hydrogens (tertiary/aromatic N) is 2. The standard InChI is InChI=1S/C33H31ClN2O8S/c1-7-42-32(39)28-18(4)35-33-36(29(28)20-9-12-25(43-17(2)3)26(15-20)40-5)30(37)27(45-33)16-21-10-13-24(44-21)19-8-11-22(23(34)14-19)31(38)41-6/h8-17,29H,7H2,1-6H3/b27-16-/t29-/m0/s1. The molecule has 5 rings (SSSR count). The number of esters is 2. The van der Waals surface area contributed by atoms with E-state index in [4.69, 9.17) is 35.0 Å². The average Bonchev–Trinajstić information content (AvgIpc) is 3.60. The highest BCUT2D eigenvalue weighted by atomic mass is 35.5. The number of benzene rings is 2. The number of fused-ring (bicyclic) bond motifs is 1. The Bertz CT molecular complexity index is 2000. The molecule has 4 aromatic rings. The molecule has 2 aromatic heterocycles. The second kappa shape index (κ2) is 13.2. The molecular weight excluding hydrogens is 620 g/mol. The lowest BCUT2D eigenvalue weighted by Gasteiger charge is -2.25. The quantitative estimate of drug-likeness (QED) is 0.224. The zero-order valence-electron chi connectivity index (χ0n) is 25.5. The molecular formula is C33H31ClN2O8S. The predicted molar refractivity (Wildman–Crippen MR) is 170 cm³/mol. The summed E-state index contributed by atoms with van der Waals surface area (Å²) in [5, 5.41) is 0.221. The van der Waals surface area contributed by atoms with Gasteiger partial charge >= 0.3 is 11.9 Å². The number of ether oxygens (including phenoxy) is 4. The van der Waals surface area contributed by atoms with E-state index in [9.17, 15) is 14.4 Å². The first kappa shape index (κ1) is 31.8. The number of carbonyl (C=O) groups excluding carboxylic acids is 2. The van der Waals surface area contributed by atoms with E-state index in [1.54, 1.807) is 68.5 Å². The van der Waals surface area contributed by atoms with Gasteiger partial charge in [0.1, 0.15) is 11.5 Å². The van der Waals surface area contributed by atoms with Crippen molar-refractivity contribution in [3.05, 3.63) is 101 Å². The molecule has 0 radical (unpaired) electrons. The van der Waals surface area contributed by atoms with Gasteiger partial charge in [0.05, 0.1) is 59.4 Å². The lowest BCUT2D eigenvalue weighted by molar-refractivity contribution is -0.139. The first-order valence-corrected chi connectivity index (χ1v) is 15.3. The van der Waals surface area contributed by atoms with Crippen molar-refractivity contribution < 1.29 is 33.0 Å². The highest BCUT2D eigenvalue weighted by Crippen LogP contribution is 2.36. The summed E-state index contributed by atoms with van der Waals surface area (Å²) < 4.78 is 29.5. The number of aromatic nitrogens is 1. The summed E-state index contributed by atoms with van der Waals surface area (Å²) in [5.74, 6) is 0.799. The number of carbonyl (C=O) groups is 2. The van der Waals surface area contributed by atoms with Crippen molar-refractivity contribution >= 4 is 41.0 Å². The van der Waals surface area contributed by atoms with Crippen LogP contribution in [0.25, 0.3) is 17.4 Å². The van der Waals surface area contributed by atoms with Crippen LogP contribution in [0, 0.1) is 0 Å². The Labute approximate surface area is 267 Å². The molecule has 1 atom stereocenters. The molecule has 0 N–H and O–H groups in total. The van der Waals surface area contributed by atoms with Crippen molar-refractivity contribution in [3.63, 3.8) is 0 Å². The summed E-state index contributed by atoms with van der Waals surface area (Å²) in [6.45, 7) is 7.42. The normalized spacial score (nSPS) is 14.7. The van der Waals surface area contributed by atoms with E-state index >= 15 is 0 Å². The number of allylic oxidation sites excluding steroid dienone is 1. The fourth-order valence-electron chi connectivity index (χ4n) is 4.97. The lowest BCUT2D eigenvalue weighted by Crippen LogP contribution is -2.40. The van der Waals surface area contributed by atoms with Crippen LogP contribution >= 0.6 is 22.9 Å². The van der Waals surface area contributed by atoms with E-state index in [0.29, 0.717) is 49.2 Å². The van der Waals surface area contributed by atoms with E-state index in [1.165, 1.54) is 30.1 Å². The molecule has 0 unspecified atom stereocenters. The van der Waals surface area contributed by atoms with Gasteiger partial charge in [-0.1, -0.05) is 35.1 Å². The fourth-order valence-corrected chi connectivity index (χ4v) is 6.26. The zero-order valence-corrected chi connectivity index (χ0v) is 27.1. The number of halogens is 1. The highest BCUT2D eigenvalue weighted by Gasteiger charge is 2.34. The van der Waals surface area contributed by atoms with Crippen LogP contribution in [0.1, 0.15) is 55.4 Å². The zero-order chi connectivity index (χ0) is 32.4. The van der Waals surface area contributed by atoms with Crippen LogP contribution in [0.4, 0.5) is 0 Å². The van der Waals surface area contributed by atoms with Gasteiger partial charge in [0.15, 0.2) is 16.3 Å². The molecule has 0 aliphatic carbocycles. The third kappa shape index (κ3) is 6.31. The third-order valence-electron chi connectivity index (χ3n) is 6.94. The van der Waals surface area contributed by atoms with Gasteiger partial charge in [0.25, 0.3) is 5.56 Å². The molecule has 45 heavy (non-hydrogen) atoms. The van der Waals surface area contributed by atoms with Crippen LogP contribution in [0.3, 0.4) is 0 Å². The first-order valence-electron chi connectivity index (χ1n) is 14.1. The van der Waals surface area contributed by atoms with Crippen LogP contribution in [-0.4, -0.2) is 43.4 Å². The van der Waals surface area contributed by atoms with E-state index in [0.717, 1.165) is 0 Å². The van der Waals surface area contributed by atoms with Gasteiger partial charge in [0, 0.05) is 11.6 Å². The molecule has 0 saturated carbocycles. The average molecular weight is 651 g/mol. The molecule has 2 aromatic carbocycles. The Kier molecular flexibility index (Phi) is 9.31. The minimum Gasteiger partial charge on any atom is -0.493 e. The topological polar surface area (TPSA) is 119 Å². The monoisotopic (exact) mass is 650 g/mol. The SMILES string of the molecule is CCOC(=O)C1=C(C)N=c2s/c(=C\c3ccc(-c4ccc(C(=O)OC)c(Cl)c4)o3)c(=O)n2[C@H]1c1ccc(OC(C)C)c(OC)c1. The Hall–Kier alpha value is -4.61. The number of hydrogen-bond acceptors (Lipinski definition) is 10. The summed E-state index contributed by atoms with van der Waals surface area (Å²) in [5.41, 5.74) is 1.84. The van der Waals surface area contributed by atoms with Gasteiger partial charge in [-0.3, -0.25) is 9.36 Å². The molecule has 10 nitrogen and oxygen atoms in total. The molecule has 0 bridgehead atoms. The van der Waals surface area contributed by atoms with Gasteiger partial charge in [-0.25, -0.2) is 14.6 Å². The molecule has 0 fully saturated rings. The minimum atomic E-state index is -0.827. The highest BCUT2D eigenvalue weighted by molar-refractivity contribution is 7.07. The number of furan rings is 1. The van der Waals surface area contributed by atoms with Crippen LogP contribution < -0.4 is 24.4 Å². The molecule has 1 aliphatic rings. The van der Waals surface area contributed by atoms with Gasteiger partial charge in [-0.2, -0.15) is 0 Å². The number of rotatable bonds is 9. The van der Waals surface area contributed by atoms with E-state index in [1.807, 2.05) is 13.8 Å². The summed E-state index contributed by atoms with van der Waals surface area (Å²) in [6, 6.07) is 12.8. The Morgan fingerprint density at radius 1 is 1.09 bits per heavy atom. The summed E-state index contributed by atoms with van der Waals surface area (Å²) in [4.78, 5) is 44.2. The van der Waals surface area contributed by atoms with E-state index < -0.39 is 18.0 Å². The van der Waals surface area contributed by atoms with Gasteiger partial charge in [0.2, 0.25) is 0 Å². The molecule has 0 spiro atoms. The molecule has 3 heterocycles. The molecule has 0 saturated heterocycles. The van der Waals surface area contributed by atoms with Crippen molar-refractivity contribution in [1.82, 2.24) is 4.57 Å². The fraction of sp³-hybridized carbons (Fsp3) is 0.273. The van der Waals surface area contributed by atoms with Gasteiger partial charge in [-0.15, -0.1) is 0 Å². The van der Waals surface area contributed by atoms with Gasteiger partial charge < -0.3 is 23.4 Å². The Morgan fingerprint density at radius 2 is 1.87 bits per heavy atom. The third-order valence-corrected chi connectivity index (χ3v) is 8.24. The van der Waals surface area contributed by atoms with E-state index in [-0.39, 0.29) is 34.4 Å². The van der Waals surface area contributed by atoms with Gasteiger partial charge in [-0.05, 0) is 69.7 Å². The second-order valence-corrected chi connectivity index (χ2v) is 11.7. The molecule has 1 aliphatic heterocycles. The maximum atomic E-state index is 14.0. The van der Waals surface area contributed by atoms with Crippen LogP contribution in [0.15, 0.2) is 74.0 Å². The van der Waals surface area contributed by atoms with Crippen molar-refractivity contribution in [1.29, 1.82) is 0 Å². The lowest BCUT2D eigenvalue weighted by atomic mass is 9.95. The number of methoxy groups -OCH3 is 2. The first-order chi connectivity index (χ1) is 21.6.